The van der Waals surface area contributed by atoms with Gasteiger partial charge in [-0.2, -0.15) is 10.2 Å². The summed E-state index contributed by atoms with van der Waals surface area (Å²) in [6.45, 7) is 1.33. The molecule has 1 atom stereocenters. The summed E-state index contributed by atoms with van der Waals surface area (Å²) in [5, 5.41) is 11.7. The molecule has 1 aliphatic rings. The van der Waals surface area contributed by atoms with Crippen LogP contribution in [0.4, 0.5) is 11.8 Å². The Labute approximate surface area is 111 Å². The van der Waals surface area contributed by atoms with Gasteiger partial charge in [-0.1, -0.05) is 0 Å². The summed E-state index contributed by atoms with van der Waals surface area (Å²) in [6.07, 6.45) is 3.43. The summed E-state index contributed by atoms with van der Waals surface area (Å²) in [4.78, 5) is 21.4. The van der Waals surface area contributed by atoms with Crippen molar-refractivity contribution in [1.29, 1.82) is 5.26 Å². The van der Waals surface area contributed by atoms with E-state index in [-0.39, 0.29) is 24.3 Å². The molecule has 7 heteroatoms. The van der Waals surface area contributed by atoms with E-state index >= 15 is 0 Å². The number of nitrogens with one attached hydrogen (secondary N) is 1. The highest BCUT2D eigenvalue weighted by atomic mass is 16.2. The topological polar surface area (TPSA) is 108 Å². The molecule has 0 radical (unpaired) electrons. The van der Waals surface area contributed by atoms with E-state index in [4.69, 9.17) is 11.0 Å². The SMILES string of the molecule is N#CCC(=O)N1CCCC1CNc1ccnc(N)n1. The Balaban J connectivity index is 1.91. The third kappa shape index (κ3) is 3.31. The monoisotopic (exact) mass is 260 g/mol. The lowest BCUT2D eigenvalue weighted by molar-refractivity contribution is -0.130. The number of rotatable bonds is 4. The van der Waals surface area contributed by atoms with Gasteiger partial charge < -0.3 is 16.0 Å². The third-order valence-corrected chi connectivity index (χ3v) is 3.12. The molecule has 0 saturated carbocycles. The van der Waals surface area contributed by atoms with E-state index in [9.17, 15) is 4.79 Å². The number of carbonyl (C=O) groups is 1. The zero-order chi connectivity index (χ0) is 13.7. The number of hydrogen-bond acceptors (Lipinski definition) is 6. The molecule has 2 rings (SSSR count). The van der Waals surface area contributed by atoms with E-state index in [0.717, 1.165) is 19.4 Å². The maximum atomic E-state index is 11.8. The molecule has 0 spiro atoms. The molecule has 7 nitrogen and oxygen atoms in total. The first-order valence-electron chi connectivity index (χ1n) is 6.19. The number of aromatic nitrogens is 2. The second-order valence-corrected chi connectivity index (χ2v) is 4.40. The van der Waals surface area contributed by atoms with Gasteiger partial charge in [0.25, 0.3) is 0 Å². The molecule has 1 amide bonds. The molecule has 0 aliphatic carbocycles. The average Bonchev–Trinajstić information content (AvgIpc) is 2.85. The van der Waals surface area contributed by atoms with Crippen LogP contribution in [0.15, 0.2) is 12.3 Å². The lowest BCUT2D eigenvalue weighted by Crippen LogP contribution is -2.39. The van der Waals surface area contributed by atoms with Gasteiger partial charge in [0, 0.05) is 25.3 Å². The summed E-state index contributed by atoms with van der Waals surface area (Å²) in [6, 6.07) is 3.73. The number of amides is 1. The average molecular weight is 260 g/mol. The number of nitrogens with zero attached hydrogens (tertiary/aromatic N) is 4. The molecule has 0 bridgehead atoms. The standard InChI is InChI=1S/C12H16N6O/c13-5-3-11(19)18-7-1-2-9(18)8-16-10-4-6-15-12(14)17-10/h4,6,9H,1-3,7-8H2,(H3,14,15,16,17). The zero-order valence-electron chi connectivity index (χ0n) is 10.5. The van der Waals surface area contributed by atoms with Gasteiger partial charge in [0.2, 0.25) is 11.9 Å². The van der Waals surface area contributed by atoms with Crippen LogP contribution in [0.2, 0.25) is 0 Å². The van der Waals surface area contributed by atoms with E-state index in [1.165, 1.54) is 0 Å². The van der Waals surface area contributed by atoms with Crippen LogP contribution in [0.25, 0.3) is 0 Å². The van der Waals surface area contributed by atoms with Gasteiger partial charge in [-0.15, -0.1) is 0 Å². The number of nitrogen functional groups attached to an aromatic ring is 1. The number of hydrogen-bond donors (Lipinski definition) is 2. The third-order valence-electron chi connectivity index (χ3n) is 3.12. The van der Waals surface area contributed by atoms with Crippen molar-refractivity contribution in [2.75, 3.05) is 24.1 Å². The van der Waals surface area contributed by atoms with Crippen molar-refractivity contribution in [3.8, 4) is 6.07 Å². The van der Waals surface area contributed by atoms with Crippen molar-refractivity contribution in [3.05, 3.63) is 12.3 Å². The van der Waals surface area contributed by atoms with Gasteiger partial charge in [-0.05, 0) is 18.9 Å². The first-order valence-corrected chi connectivity index (χ1v) is 6.19. The fraction of sp³-hybridized carbons (Fsp3) is 0.500. The van der Waals surface area contributed by atoms with Gasteiger partial charge in [0.15, 0.2) is 0 Å². The fourth-order valence-electron chi connectivity index (χ4n) is 2.24. The van der Waals surface area contributed by atoms with E-state index in [1.54, 1.807) is 17.2 Å². The van der Waals surface area contributed by atoms with E-state index in [0.29, 0.717) is 12.4 Å². The van der Waals surface area contributed by atoms with Crippen molar-refractivity contribution in [2.24, 2.45) is 0 Å². The second kappa shape index (κ2) is 6.00. The van der Waals surface area contributed by atoms with E-state index < -0.39 is 0 Å². The van der Waals surface area contributed by atoms with Gasteiger partial charge >= 0.3 is 0 Å². The van der Waals surface area contributed by atoms with Gasteiger partial charge in [0.05, 0.1) is 6.07 Å². The fourth-order valence-corrected chi connectivity index (χ4v) is 2.24. The van der Waals surface area contributed by atoms with Crippen molar-refractivity contribution >= 4 is 17.7 Å². The molecule has 19 heavy (non-hydrogen) atoms. The zero-order valence-corrected chi connectivity index (χ0v) is 10.5. The molecule has 1 aliphatic heterocycles. The molecule has 1 aromatic heterocycles. The van der Waals surface area contributed by atoms with Crippen molar-refractivity contribution < 1.29 is 4.79 Å². The van der Waals surface area contributed by atoms with Crippen molar-refractivity contribution in [3.63, 3.8) is 0 Å². The van der Waals surface area contributed by atoms with E-state index in [2.05, 4.69) is 15.3 Å². The molecular weight excluding hydrogens is 244 g/mol. The minimum atomic E-state index is -0.103. The van der Waals surface area contributed by atoms with Crippen molar-refractivity contribution in [1.82, 2.24) is 14.9 Å². The van der Waals surface area contributed by atoms with Crippen molar-refractivity contribution in [2.45, 2.75) is 25.3 Å². The summed E-state index contributed by atoms with van der Waals surface area (Å²) in [7, 11) is 0. The number of nitrogens with two attached hydrogens (primary N) is 1. The van der Waals surface area contributed by atoms with Crippen LogP contribution < -0.4 is 11.1 Å². The highest BCUT2D eigenvalue weighted by Crippen LogP contribution is 2.18. The predicted molar refractivity (Wildman–Crippen MR) is 69.9 cm³/mol. The Morgan fingerprint density at radius 3 is 3.26 bits per heavy atom. The summed E-state index contributed by atoms with van der Waals surface area (Å²) in [5.74, 6) is 0.759. The Morgan fingerprint density at radius 1 is 1.68 bits per heavy atom. The minimum Gasteiger partial charge on any atom is -0.368 e. The molecule has 1 saturated heterocycles. The Bertz CT molecular complexity index is 497. The predicted octanol–water partition coefficient (Wildman–Crippen LogP) is 0.375. The normalized spacial score (nSPS) is 18.1. The van der Waals surface area contributed by atoms with Gasteiger partial charge in [-0.25, -0.2) is 4.98 Å². The first kappa shape index (κ1) is 13.1. The smallest absolute Gasteiger partial charge is 0.237 e. The van der Waals surface area contributed by atoms with Gasteiger partial charge in [-0.3, -0.25) is 4.79 Å². The van der Waals surface area contributed by atoms with Crippen LogP contribution in [0.3, 0.4) is 0 Å². The molecule has 2 heterocycles. The molecular formula is C12H16N6O. The molecule has 100 valence electrons. The molecule has 1 aromatic rings. The minimum absolute atomic E-state index is 0.0586. The lowest BCUT2D eigenvalue weighted by atomic mass is 10.2. The summed E-state index contributed by atoms with van der Waals surface area (Å²) in [5.41, 5.74) is 5.49. The highest BCUT2D eigenvalue weighted by molar-refractivity contribution is 5.78. The van der Waals surface area contributed by atoms with E-state index in [1.807, 2.05) is 6.07 Å². The second-order valence-electron chi connectivity index (χ2n) is 4.40. The summed E-state index contributed by atoms with van der Waals surface area (Å²) >= 11 is 0. The largest absolute Gasteiger partial charge is 0.368 e. The number of anilines is 2. The Morgan fingerprint density at radius 2 is 2.53 bits per heavy atom. The lowest BCUT2D eigenvalue weighted by Gasteiger charge is -2.24. The molecule has 1 unspecified atom stereocenters. The van der Waals surface area contributed by atoms with Gasteiger partial charge in [0.1, 0.15) is 12.2 Å². The van der Waals surface area contributed by atoms with Crippen LogP contribution in [0.1, 0.15) is 19.3 Å². The van der Waals surface area contributed by atoms with Crippen LogP contribution in [0, 0.1) is 11.3 Å². The number of nitriles is 1. The molecule has 1 fully saturated rings. The maximum Gasteiger partial charge on any atom is 0.237 e. The summed E-state index contributed by atoms with van der Waals surface area (Å²) < 4.78 is 0. The Hall–Kier alpha value is -2.36. The van der Waals surface area contributed by atoms with Crippen LogP contribution in [-0.2, 0) is 4.79 Å². The quantitative estimate of drug-likeness (QED) is 0.810. The maximum absolute atomic E-state index is 11.8. The first-order chi connectivity index (χ1) is 9.20. The molecule has 0 aromatic carbocycles. The molecule has 3 N–H and O–H groups in total. The van der Waals surface area contributed by atoms with Crippen LogP contribution in [-0.4, -0.2) is 39.9 Å². The Kier molecular flexibility index (Phi) is 4.13. The van der Waals surface area contributed by atoms with Crippen LogP contribution in [0.5, 0.6) is 0 Å². The van der Waals surface area contributed by atoms with Crippen LogP contribution >= 0.6 is 0 Å². The number of likely N-dealkylation sites (tertiary alicyclic amines) is 1. The number of carbonyl (C=O) groups excluding carboxylic acids is 1. The highest BCUT2D eigenvalue weighted by Gasteiger charge is 2.28.